The number of amides is 1. The van der Waals surface area contributed by atoms with Crippen molar-refractivity contribution in [2.45, 2.75) is 89.8 Å². The van der Waals surface area contributed by atoms with Crippen LogP contribution in [0.4, 0.5) is 32.3 Å². The number of carbonyl (C=O) groups excluding carboxylic acids is 1. The Hall–Kier alpha value is -3.64. The van der Waals surface area contributed by atoms with Crippen LogP contribution >= 0.6 is 0 Å². The summed E-state index contributed by atoms with van der Waals surface area (Å²) in [4.78, 5) is 26.0. The molecule has 1 aromatic carbocycles. The summed E-state index contributed by atoms with van der Waals surface area (Å²) >= 11 is 0. The van der Waals surface area contributed by atoms with E-state index in [0.29, 0.717) is 18.4 Å². The maximum atomic E-state index is 13.7. The summed E-state index contributed by atoms with van der Waals surface area (Å²) in [7, 11) is 0. The number of benzene rings is 1. The maximum absolute atomic E-state index is 13.7. The Morgan fingerprint density at radius 3 is 2.14 bits per heavy atom. The zero-order valence-corrected chi connectivity index (χ0v) is 24.0. The van der Waals surface area contributed by atoms with Crippen molar-refractivity contribution in [3.63, 3.8) is 0 Å². The molecule has 2 aromatic heterocycles. The van der Waals surface area contributed by atoms with Gasteiger partial charge >= 0.3 is 12.4 Å². The molecule has 3 aromatic rings. The van der Waals surface area contributed by atoms with Gasteiger partial charge in [0.25, 0.3) is 0 Å². The average molecular weight is 609 g/mol. The van der Waals surface area contributed by atoms with Gasteiger partial charge in [-0.3, -0.25) is 9.89 Å². The molecule has 13 heteroatoms. The third-order valence-corrected chi connectivity index (χ3v) is 8.58. The lowest BCUT2D eigenvalue weighted by molar-refractivity contribution is -0.143. The largest absolute Gasteiger partial charge is 0.416 e. The van der Waals surface area contributed by atoms with Crippen molar-refractivity contribution >= 4 is 11.9 Å². The fourth-order valence-corrected chi connectivity index (χ4v) is 6.28. The van der Waals surface area contributed by atoms with E-state index in [0.717, 1.165) is 55.5 Å². The van der Waals surface area contributed by atoms with Crippen molar-refractivity contribution in [3.8, 4) is 11.1 Å². The standard InChI is InChI=1S/C30H34F6N6O/c1-3-24-12-25(17-41(24)27(43)20-7-5-4-6-8-20)42(28-37-13-21(14-38-28)26-15-39-40-18(26)2)16-19-9-22(29(31,32)33)11-23(10-19)30(34,35)36/h9-11,13-15,20,24-25H,3-8,12,16-17H2,1-2H3,(H,39,40)/t24-,25?/m1/s1. The Morgan fingerprint density at radius 2 is 1.60 bits per heavy atom. The van der Waals surface area contributed by atoms with Gasteiger partial charge in [-0.15, -0.1) is 0 Å². The van der Waals surface area contributed by atoms with E-state index in [4.69, 9.17) is 0 Å². The maximum Gasteiger partial charge on any atom is 0.416 e. The number of hydrogen-bond acceptors (Lipinski definition) is 5. The molecule has 2 fully saturated rings. The topological polar surface area (TPSA) is 78.0 Å². The van der Waals surface area contributed by atoms with Crippen molar-refractivity contribution in [3.05, 3.63) is 59.2 Å². The number of H-pyrrole nitrogens is 1. The van der Waals surface area contributed by atoms with E-state index in [2.05, 4.69) is 20.2 Å². The van der Waals surface area contributed by atoms with Crippen LogP contribution in [0.1, 0.15) is 74.3 Å². The van der Waals surface area contributed by atoms with Crippen LogP contribution in [-0.2, 0) is 23.7 Å². The number of nitrogens with zero attached hydrogens (tertiary/aromatic N) is 5. The molecule has 1 aliphatic carbocycles. The first-order chi connectivity index (χ1) is 20.3. The zero-order chi connectivity index (χ0) is 30.9. The summed E-state index contributed by atoms with van der Waals surface area (Å²) in [6.45, 7) is 3.78. The third kappa shape index (κ3) is 6.80. The van der Waals surface area contributed by atoms with Crippen molar-refractivity contribution in [2.24, 2.45) is 5.92 Å². The van der Waals surface area contributed by atoms with Gasteiger partial charge in [0.1, 0.15) is 0 Å². The molecule has 1 unspecified atom stereocenters. The second kappa shape index (κ2) is 12.2. The average Bonchev–Trinajstić information content (AvgIpc) is 3.61. The summed E-state index contributed by atoms with van der Waals surface area (Å²) in [5, 5.41) is 6.83. The first-order valence-corrected chi connectivity index (χ1v) is 14.5. The SMILES string of the molecule is CC[C@@H]1CC(N(Cc2cc(C(F)(F)F)cc(C(F)(F)F)c2)c2ncc(-c3cn[nH]c3C)cn2)CN1C(=O)C1CCCCC1. The lowest BCUT2D eigenvalue weighted by atomic mass is 9.88. The van der Waals surface area contributed by atoms with Crippen LogP contribution in [0.3, 0.4) is 0 Å². The molecule has 1 amide bonds. The number of likely N-dealkylation sites (tertiary alicyclic amines) is 1. The molecule has 43 heavy (non-hydrogen) atoms. The van der Waals surface area contributed by atoms with E-state index >= 15 is 0 Å². The minimum Gasteiger partial charge on any atom is -0.337 e. The highest BCUT2D eigenvalue weighted by Crippen LogP contribution is 2.38. The molecule has 1 saturated carbocycles. The van der Waals surface area contributed by atoms with Gasteiger partial charge in [-0.25, -0.2) is 9.97 Å². The van der Waals surface area contributed by atoms with Crippen LogP contribution in [0.25, 0.3) is 11.1 Å². The molecule has 232 valence electrons. The molecule has 1 saturated heterocycles. The van der Waals surface area contributed by atoms with E-state index in [1.807, 2.05) is 18.7 Å². The van der Waals surface area contributed by atoms with Gasteiger partial charge < -0.3 is 9.80 Å². The second-order valence-corrected chi connectivity index (χ2v) is 11.5. The number of carbonyl (C=O) groups is 1. The third-order valence-electron chi connectivity index (χ3n) is 8.58. The fourth-order valence-electron chi connectivity index (χ4n) is 6.28. The van der Waals surface area contributed by atoms with Crippen LogP contribution < -0.4 is 4.90 Å². The normalized spacial score (nSPS) is 20.0. The molecular weight excluding hydrogens is 574 g/mol. The molecular formula is C30H34F6N6O. The molecule has 2 aliphatic rings. The van der Waals surface area contributed by atoms with Gasteiger partial charge in [0.2, 0.25) is 11.9 Å². The van der Waals surface area contributed by atoms with Gasteiger partial charge in [-0.05, 0) is 56.4 Å². The Bertz CT molecular complexity index is 1380. The van der Waals surface area contributed by atoms with Crippen molar-refractivity contribution < 1.29 is 31.1 Å². The number of halogens is 6. The summed E-state index contributed by atoms with van der Waals surface area (Å²) < 4.78 is 82.0. The predicted octanol–water partition coefficient (Wildman–Crippen LogP) is 7.18. The number of rotatable bonds is 7. The highest BCUT2D eigenvalue weighted by atomic mass is 19.4. The smallest absolute Gasteiger partial charge is 0.337 e. The Balaban J connectivity index is 1.51. The van der Waals surface area contributed by atoms with Gasteiger partial charge in [-0.1, -0.05) is 26.2 Å². The molecule has 0 radical (unpaired) electrons. The van der Waals surface area contributed by atoms with Gasteiger partial charge in [-0.2, -0.15) is 31.4 Å². The molecule has 0 bridgehead atoms. The van der Waals surface area contributed by atoms with Crippen molar-refractivity contribution in [2.75, 3.05) is 11.4 Å². The number of aryl methyl sites for hydroxylation is 1. The van der Waals surface area contributed by atoms with Crippen LogP contribution in [-0.4, -0.2) is 49.6 Å². The molecule has 0 spiro atoms. The number of aromatic nitrogens is 4. The van der Waals surface area contributed by atoms with Crippen molar-refractivity contribution in [1.82, 2.24) is 25.1 Å². The molecule has 2 atom stereocenters. The number of nitrogens with one attached hydrogen (secondary N) is 1. The van der Waals surface area contributed by atoms with E-state index in [1.54, 1.807) is 23.5 Å². The van der Waals surface area contributed by atoms with Crippen LogP contribution in [0.5, 0.6) is 0 Å². The summed E-state index contributed by atoms with van der Waals surface area (Å²) in [6, 6.07) is 1.08. The monoisotopic (exact) mass is 608 g/mol. The lowest BCUT2D eigenvalue weighted by Crippen LogP contribution is -2.42. The molecule has 1 N–H and O–H groups in total. The van der Waals surface area contributed by atoms with E-state index in [9.17, 15) is 31.1 Å². The van der Waals surface area contributed by atoms with E-state index < -0.39 is 29.5 Å². The molecule has 7 nitrogen and oxygen atoms in total. The first kappa shape index (κ1) is 30.8. The number of anilines is 1. The minimum atomic E-state index is -4.97. The zero-order valence-electron chi connectivity index (χ0n) is 24.0. The lowest BCUT2D eigenvalue weighted by Gasteiger charge is -2.31. The Kier molecular flexibility index (Phi) is 8.71. The van der Waals surface area contributed by atoms with E-state index in [1.165, 1.54) is 0 Å². The number of alkyl halides is 6. The minimum absolute atomic E-state index is 0.0680. The van der Waals surface area contributed by atoms with Gasteiger partial charge in [0.15, 0.2) is 0 Å². The quantitative estimate of drug-likeness (QED) is 0.288. The summed E-state index contributed by atoms with van der Waals surface area (Å²) in [5.41, 5.74) is -0.727. The van der Waals surface area contributed by atoms with Gasteiger partial charge in [0.05, 0.1) is 23.4 Å². The Labute approximate surface area is 245 Å². The van der Waals surface area contributed by atoms with E-state index in [-0.39, 0.29) is 48.5 Å². The van der Waals surface area contributed by atoms with Crippen LogP contribution in [0.15, 0.2) is 36.8 Å². The summed E-state index contributed by atoms with van der Waals surface area (Å²) in [5.74, 6) is 0.156. The number of aromatic amines is 1. The fraction of sp³-hybridized carbons (Fsp3) is 0.533. The second-order valence-electron chi connectivity index (χ2n) is 11.5. The van der Waals surface area contributed by atoms with Crippen molar-refractivity contribution in [1.29, 1.82) is 0 Å². The highest BCUT2D eigenvalue weighted by Gasteiger charge is 2.41. The predicted molar refractivity (Wildman–Crippen MR) is 148 cm³/mol. The number of hydrogen-bond donors (Lipinski definition) is 1. The molecule has 1 aliphatic heterocycles. The first-order valence-electron chi connectivity index (χ1n) is 14.5. The van der Waals surface area contributed by atoms with Gasteiger partial charge in [0, 0.05) is 54.3 Å². The molecule has 5 rings (SSSR count). The van der Waals surface area contributed by atoms with Crippen LogP contribution in [0.2, 0.25) is 0 Å². The summed E-state index contributed by atoms with van der Waals surface area (Å²) in [6.07, 6.45) is 0.672. The Morgan fingerprint density at radius 1 is 0.977 bits per heavy atom. The molecule has 3 heterocycles. The highest BCUT2D eigenvalue weighted by molar-refractivity contribution is 5.79. The van der Waals surface area contributed by atoms with Crippen LogP contribution in [0, 0.1) is 12.8 Å².